The highest BCUT2D eigenvalue weighted by atomic mass is 32.1. The average Bonchev–Trinajstić information content (AvgIpc) is 2.82. The summed E-state index contributed by atoms with van der Waals surface area (Å²) in [6.07, 6.45) is 0. The van der Waals surface area contributed by atoms with Crippen molar-refractivity contribution in [3.05, 3.63) is 21.9 Å². The van der Waals surface area contributed by atoms with Crippen LogP contribution in [0.25, 0.3) is 0 Å². The number of rotatable bonds is 3. The molecule has 2 heterocycles. The lowest BCUT2D eigenvalue weighted by atomic mass is 10.3. The molecule has 19 heavy (non-hydrogen) atoms. The Morgan fingerprint density at radius 3 is 2.89 bits per heavy atom. The van der Waals surface area contributed by atoms with E-state index in [1.165, 1.54) is 16.2 Å². The van der Waals surface area contributed by atoms with Gasteiger partial charge >= 0.3 is 0 Å². The highest BCUT2D eigenvalue weighted by Gasteiger charge is 2.21. The van der Waals surface area contributed by atoms with Crippen LogP contribution in [0.15, 0.2) is 12.1 Å². The zero-order chi connectivity index (χ0) is 13.8. The van der Waals surface area contributed by atoms with Crippen molar-refractivity contribution in [2.45, 2.75) is 6.92 Å². The first kappa shape index (κ1) is 13.5. The molecule has 2 N–H and O–H groups in total. The average molecular weight is 281 g/mol. The van der Waals surface area contributed by atoms with E-state index in [2.05, 4.69) is 10.6 Å². The third-order valence-corrected chi connectivity index (χ3v) is 3.75. The SMILES string of the molecule is Cc1ccc(C(=O)NCC(=O)N2CCNC(=O)C2)s1. The van der Waals surface area contributed by atoms with Gasteiger partial charge in [0.15, 0.2) is 0 Å². The third kappa shape index (κ3) is 3.54. The molecular weight excluding hydrogens is 266 g/mol. The molecule has 0 unspecified atom stereocenters. The fourth-order valence-electron chi connectivity index (χ4n) is 1.76. The van der Waals surface area contributed by atoms with Gasteiger partial charge in [-0.05, 0) is 19.1 Å². The van der Waals surface area contributed by atoms with Gasteiger partial charge in [0.25, 0.3) is 5.91 Å². The zero-order valence-corrected chi connectivity index (χ0v) is 11.4. The fraction of sp³-hybridized carbons (Fsp3) is 0.417. The Morgan fingerprint density at radius 1 is 1.47 bits per heavy atom. The largest absolute Gasteiger partial charge is 0.353 e. The maximum atomic E-state index is 11.8. The number of piperazine rings is 1. The highest BCUT2D eigenvalue weighted by Crippen LogP contribution is 2.14. The van der Waals surface area contributed by atoms with Crippen LogP contribution in [0.5, 0.6) is 0 Å². The summed E-state index contributed by atoms with van der Waals surface area (Å²) in [5.41, 5.74) is 0. The van der Waals surface area contributed by atoms with Crippen LogP contribution in [0.1, 0.15) is 14.5 Å². The van der Waals surface area contributed by atoms with Crippen LogP contribution in [0.4, 0.5) is 0 Å². The number of thiophene rings is 1. The number of aryl methyl sites for hydroxylation is 1. The van der Waals surface area contributed by atoms with Gasteiger partial charge in [-0.2, -0.15) is 0 Å². The smallest absolute Gasteiger partial charge is 0.261 e. The number of carbonyl (C=O) groups is 3. The molecule has 0 saturated carbocycles. The number of hydrogen-bond donors (Lipinski definition) is 2. The number of nitrogens with zero attached hydrogens (tertiary/aromatic N) is 1. The first-order valence-corrected chi connectivity index (χ1v) is 6.77. The predicted octanol–water partition coefficient (Wildman–Crippen LogP) is -0.255. The van der Waals surface area contributed by atoms with Crippen LogP contribution >= 0.6 is 11.3 Å². The molecule has 0 spiro atoms. The fourth-order valence-corrected chi connectivity index (χ4v) is 2.55. The van der Waals surface area contributed by atoms with E-state index in [9.17, 15) is 14.4 Å². The van der Waals surface area contributed by atoms with E-state index in [1.54, 1.807) is 6.07 Å². The summed E-state index contributed by atoms with van der Waals surface area (Å²) in [7, 11) is 0. The van der Waals surface area contributed by atoms with E-state index >= 15 is 0 Å². The van der Waals surface area contributed by atoms with E-state index in [1.807, 2.05) is 13.0 Å². The van der Waals surface area contributed by atoms with E-state index in [4.69, 9.17) is 0 Å². The summed E-state index contributed by atoms with van der Waals surface area (Å²) in [6, 6.07) is 3.59. The Labute approximate surface area is 114 Å². The molecule has 1 fully saturated rings. The summed E-state index contributed by atoms with van der Waals surface area (Å²) in [6.45, 7) is 2.84. The predicted molar refractivity (Wildman–Crippen MR) is 71.0 cm³/mol. The van der Waals surface area contributed by atoms with E-state index in [-0.39, 0.29) is 30.8 Å². The minimum absolute atomic E-state index is 0.0623. The minimum atomic E-state index is -0.257. The summed E-state index contributed by atoms with van der Waals surface area (Å²) in [5.74, 6) is -0.663. The van der Waals surface area contributed by atoms with Crippen molar-refractivity contribution in [3.8, 4) is 0 Å². The van der Waals surface area contributed by atoms with Gasteiger partial charge in [0.05, 0.1) is 18.0 Å². The Balaban J connectivity index is 1.83. The Morgan fingerprint density at radius 2 is 2.26 bits per heavy atom. The topological polar surface area (TPSA) is 78.5 Å². The number of amides is 3. The number of nitrogens with one attached hydrogen (secondary N) is 2. The number of carbonyl (C=O) groups excluding carboxylic acids is 3. The van der Waals surface area contributed by atoms with Gasteiger partial charge in [-0.3, -0.25) is 14.4 Å². The molecule has 0 aromatic carbocycles. The minimum Gasteiger partial charge on any atom is -0.353 e. The summed E-state index contributed by atoms with van der Waals surface area (Å²) < 4.78 is 0. The van der Waals surface area contributed by atoms with E-state index in [0.29, 0.717) is 18.0 Å². The molecule has 1 saturated heterocycles. The van der Waals surface area contributed by atoms with Gasteiger partial charge in [-0.25, -0.2) is 0 Å². The second-order valence-corrected chi connectivity index (χ2v) is 5.55. The molecule has 2 rings (SSSR count). The van der Waals surface area contributed by atoms with Crippen molar-refractivity contribution in [1.29, 1.82) is 0 Å². The molecule has 3 amide bonds. The van der Waals surface area contributed by atoms with Gasteiger partial charge in [0.1, 0.15) is 0 Å². The van der Waals surface area contributed by atoms with Crippen molar-refractivity contribution in [1.82, 2.24) is 15.5 Å². The second-order valence-electron chi connectivity index (χ2n) is 4.26. The molecule has 0 atom stereocenters. The molecule has 0 aliphatic carbocycles. The quantitative estimate of drug-likeness (QED) is 0.801. The van der Waals surface area contributed by atoms with Crippen LogP contribution in [0.2, 0.25) is 0 Å². The molecule has 102 valence electrons. The van der Waals surface area contributed by atoms with Gasteiger partial charge < -0.3 is 15.5 Å². The Hall–Kier alpha value is -1.89. The van der Waals surface area contributed by atoms with Gasteiger partial charge in [0, 0.05) is 18.0 Å². The highest BCUT2D eigenvalue weighted by molar-refractivity contribution is 7.13. The molecule has 1 aliphatic heterocycles. The van der Waals surface area contributed by atoms with Gasteiger partial charge in [0.2, 0.25) is 11.8 Å². The van der Waals surface area contributed by atoms with Crippen molar-refractivity contribution < 1.29 is 14.4 Å². The molecule has 0 bridgehead atoms. The van der Waals surface area contributed by atoms with Crippen molar-refractivity contribution >= 4 is 29.1 Å². The molecule has 0 radical (unpaired) electrons. The molecule has 7 heteroatoms. The molecule has 1 aromatic heterocycles. The third-order valence-electron chi connectivity index (χ3n) is 2.76. The lowest BCUT2D eigenvalue weighted by Crippen LogP contribution is -2.52. The maximum absolute atomic E-state index is 11.8. The van der Waals surface area contributed by atoms with E-state index in [0.717, 1.165) is 4.88 Å². The lowest BCUT2D eigenvalue weighted by molar-refractivity contribution is -0.137. The van der Waals surface area contributed by atoms with Crippen LogP contribution in [-0.2, 0) is 9.59 Å². The molecular formula is C12H15N3O3S. The van der Waals surface area contributed by atoms with Crippen molar-refractivity contribution in [2.75, 3.05) is 26.2 Å². The van der Waals surface area contributed by atoms with Crippen molar-refractivity contribution in [2.24, 2.45) is 0 Å². The normalized spacial score (nSPS) is 15.0. The van der Waals surface area contributed by atoms with Crippen LogP contribution in [0.3, 0.4) is 0 Å². The van der Waals surface area contributed by atoms with Crippen LogP contribution in [0, 0.1) is 6.92 Å². The summed E-state index contributed by atoms with van der Waals surface area (Å²) in [4.78, 5) is 37.8. The van der Waals surface area contributed by atoms with Crippen molar-refractivity contribution in [3.63, 3.8) is 0 Å². The standard InChI is InChI=1S/C12H15N3O3S/c1-8-2-3-9(19-8)12(18)14-6-11(17)15-5-4-13-10(16)7-15/h2-3H,4-7H2,1H3,(H,13,16)(H,14,18). The molecule has 6 nitrogen and oxygen atoms in total. The maximum Gasteiger partial charge on any atom is 0.261 e. The first-order valence-electron chi connectivity index (χ1n) is 5.95. The van der Waals surface area contributed by atoms with Crippen LogP contribution < -0.4 is 10.6 Å². The van der Waals surface area contributed by atoms with E-state index < -0.39 is 0 Å². The monoisotopic (exact) mass is 281 g/mol. The van der Waals surface area contributed by atoms with Gasteiger partial charge in [-0.1, -0.05) is 0 Å². The summed E-state index contributed by atoms with van der Waals surface area (Å²) in [5, 5.41) is 5.21. The number of hydrogen-bond acceptors (Lipinski definition) is 4. The molecule has 1 aromatic rings. The zero-order valence-electron chi connectivity index (χ0n) is 10.6. The lowest BCUT2D eigenvalue weighted by Gasteiger charge is -2.26. The van der Waals surface area contributed by atoms with Crippen LogP contribution in [-0.4, -0.2) is 48.8 Å². The molecule has 1 aliphatic rings. The Kier molecular flexibility index (Phi) is 4.16. The Bertz CT molecular complexity index is 512. The second kappa shape index (κ2) is 5.83. The summed E-state index contributed by atoms with van der Waals surface area (Å²) >= 11 is 1.38. The first-order chi connectivity index (χ1) is 9.06. The van der Waals surface area contributed by atoms with Gasteiger partial charge in [-0.15, -0.1) is 11.3 Å².